The van der Waals surface area contributed by atoms with Gasteiger partial charge in [0.05, 0.1) is 5.52 Å². The van der Waals surface area contributed by atoms with Gasteiger partial charge in [0, 0.05) is 37.8 Å². The first-order valence-corrected chi connectivity index (χ1v) is 12.6. The lowest BCUT2D eigenvalue weighted by Gasteiger charge is -2.45. The number of pyridine rings is 1. The molecule has 0 radical (unpaired) electrons. The van der Waals surface area contributed by atoms with Gasteiger partial charge in [0.25, 0.3) is 0 Å². The lowest BCUT2D eigenvalue weighted by molar-refractivity contribution is -0.129. The summed E-state index contributed by atoms with van der Waals surface area (Å²) in [5, 5.41) is 1.18. The first-order valence-electron chi connectivity index (χ1n) is 12.6. The SMILES string of the molecule is Cc1c(-c2ccc3c(c2)CCC2(CCN(CC4(C=O)CCCO4)CC2)O3)ccc2cccnc12. The first kappa shape index (κ1) is 21.8. The van der Waals surface area contributed by atoms with Crippen LogP contribution >= 0.6 is 0 Å². The number of hydrogen-bond acceptors (Lipinski definition) is 5. The topological polar surface area (TPSA) is 51.7 Å². The number of hydrogen-bond donors (Lipinski definition) is 0. The minimum absolute atomic E-state index is 0.0846. The van der Waals surface area contributed by atoms with Crippen LogP contribution in [0.4, 0.5) is 0 Å². The fraction of sp³-hybridized carbons (Fsp3) is 0.448. The molecule has 0 aliphatic carbocycles. The Morgan fingerprint density at radius 1 is 1.09 bits per heavy atom. The van der Waals surface area contributed by atoms with Crippen molar-refractivity contribution in [1.82, 2.24) is 9.88 Å². The number of nitrogens with zero attached hydrogens (tertiary/aromatic N) is 2. The predicted molar refractivity (Wildman–Crippen MR) is 133 cm³/mol. The van der Waals surface area contributed by atoms with E-state index in [0.717, 1.165) is 69.2 Å². The van der Waals surface area contributed by atoms with Crippen molar-refractivity contribution in [2.45, 2.75) is 56.7 Å². The summed E-state index contributed by atoms with van der Waals surface area (Å²) in [6.07, 6.45) is 8.80. The van der Waals surface area contributed by atoms with Crippen molar-refractivity contribution in [2.24, 2.45) is 0 Å². The summed E-state index contributed by atoms with van der Waals surface area (Å²) < 4.78 is 12.5. The van der Waals surface area contributed by atoms with Crippen LogP contribution in [0.1, 0.15) is 43.2 Å². The number of fused-ring (bicyclic) bond motifs is 2. The number of carbonyl (C=O) groups is 1. The molecule has 2 aromatic carbocycles. The van der Waals surface area contributed by atoms with Gasteiger partial charge in [0.2, 0.25) is 0 Å². The first-order chi connectivity index (χ1) is 16.6. The molecular weight excluding hydrogens is 424 g/mol. The van der Waals surface area contributed by atoms with Gasteiger partial charge in [-0.05, 0) is 85.9 Å². The number of carbonyl (C=O) groups excluding carboxylic acids is 1. The number of piperidine rings is 1. The van der Waals surface area contributed by atoms with Gasteiger partial charge < -0.3 is 14.3 Å². The van der Waals surface area contributed by atoms with Crippen molar-refractivity contribution >= 4 is 17.2 Å². The van der Waals surface area contributed by atoms with Crippen LogP contribution in [0, 0.1) is 6.92 Å². The molecule has 4 heterocycles. The highest BCUT2D eigenvalue weighted by molar-refractivity contribution is 5.88. The van der Waals surface area contributed by atoms with Gasteiger partial charge in [-0.1, -0.05) is 24.3 Å². The summed E-state index contributed by atoms with van der Waals surface area (Å²) in [6, 6.07) is 15.1. The molecule has 1 aromatic heterocycles. The minimum Gasteiger partial charge on any atom is -0.487 e. The second-order valence-electron chi connectivity index (χ2n) is 10.3. The minimum atomic E-state index is -0.586. The normalized spacial score (nSPS) is 24.1. The number of likely N-dealkylation sites (tertiary alicyclic amines) is 1. The zero-order valence-corrected chi connectivity index (χ0v) is 19.9. The van der Waals surface area contributed by atoms with E-state index in [1.807, 2.05) is 12.3 Å². The molecule has 5 nitrogen and oxygen atoms in total. The van der Waals surface area contributed by atoms with Gasteiger partial charge in [0.15, 0.2) is 6.29 Å². The Morgan fingerprint density at radius 3 is 2.76 bits per heavy atom. The third-order valence-electron chi connectivity index (χ3n) is 8.18. The maximum atomic E-state index is 11.7. The lowest BCUT2D eigenvalue weighted by atomic mass is 9.82. The fourth-order valence-corrected chi connectivity index (χ4v) is 6.12. The highest BCUT2D eigenvalue weighted by Crippen LogP contribution is 2.42. The van der Waals surface area contributed by atoms with Crippen molar-refractivity contribution in [2.75, 3.05) is 26.2 Å². The molecule has 0 bridgehead atoms. The number of aldehydes is 1. The molecule has 3 aromatic rings. The largest absolute Gasteiger partial charge is 0.487 e. The number of aromatic nitrogens is 1. The molecule has 1 unspecified atom stereocenters. The van der Waals surface area contributed by atoms with Crippen LogP contribution in [0.5, 0.6) is 5.75 Å². The van der Waals surface area contributed by atoms with Gasteiger partial charge in [0.1, 0.15) is 17.0 Å². The van der Waals surface area contributed by atoms with E-state index in [0.29, 0.717) is 13.2 Å². The molecule has 2 fully saturated rings. The van der Waals surface area contributed by atoms with E-state index in [4.69, 9.17) is 9.47 Å². The molecule has 0 amide bonds. The van der Waals surface area contributed by atoms with Crippen molar-refractivity contribution in [3.8, 4) is 16.9 Å². The third kappa shape index (κ3) is 3.81. The quantitative estimate of drug-likeness (QED) is 0.510. The van der Waals surface area contributed by atoms with Crippen molar-refractivity contribution in [3.05, 3.63) is 59.8 Å². The standard InChI is InChI=1S/C29H32N2O3/c1-21-25(7-5-22-4-2-14-30-27(21)22)23-6-8-26-24(18-23)9-11-28(34-26)12-15-31(16-13-28)19-29(20-32)10-3-17-33-29/h2,4-8,14,18,20H,3,9-13,15-17,19H2,1H3. The second-order valence-corrected chi connectivity index (χ2v) is 10.3. The molecule has 0 N–H and O–H groups in total. The van der Waals surface area contributed by atoms with E-state index in [1.54, 1.807) is 0 Å². The van der Waals surface area contributed by atoms with Gasteiger partial charge in [-0.25, -0.2) is 0 Å². The van der Waals surface area contributed by atoms with Crippen LogP contribution in [0.15, 0.2) is 48.7 Å². The molecule has 1 atom stereocenters. The van der Waals surface area contributed by atoms with Crippen LogP contribution in [0.25, 0.3) is 22.0 Å². The van der Waals surface area contributed by atoms with Gasteiger partial charge in [-0.3, -0.25) is 9.88 Å². The molecule has 34 heavy (non-hydrogen) atoms. The Morgan fingerprint density at radius 2 is 1.97 bits per heavy atom. The Bertz CT molecular complexity index is 1220. The van der Waals surface area contributed by atoms with Crippen molar-refractivity contribution in [1.29, 1.82) is 0 Å². The molecule has 6 rings (SSSR count). The number of rotatable bonds is 4. The highest BCUT2D eigenvalue weighted by Gasteiger charge is 2.43. The highest BCUT2D eigenvalue weighted by atomic mass is 16.5. The van der Waals surface area contributed by atoms with E-state index >= 15 is 0 Å². The molecule has 176 valence electrons. The fourth-order valence-electron chi connectivity index (χ4n) is 6.12. The maximum Gasteiger partial charge on any atom is 0.153 e. The predicted octanol–water partition coefficient (Wildman–Crippen LogP) is 5.12. The summed E-state index contributed by atoms with van der Waals surface area (Å²) in [7, 11) is 0. The van der Waals surface area contributed by atoms with Crippen LogP contribution in [-0.4, -0.2) is 53.6 Å². The number of aryl methyl sites for hydroxylation is 2. The van der Waals surface area contributed by atoms with Crippen molar-refractivity contribution in [3.63, 3.8) is 0 Å². The lowest BCUT2D eigenvalue weighted by Crippen LogP contribution is -2.53. The monoisotopic (exact) mass is 456 g/mol. The summed E-state index contributed by atoms with van der Waals surface area (Å²) in [6.45, 7) is 5.49. The average Bonchev–Trinajstić information content (AvgIpc) is 3.35. The zero-order chi connectivity index (χ0) is 23.2. The second kappa shape index (κ2) is 8.47. The summed E-state index contributed by atoms with van der Waals surface area (Å²) in [5.74, 6) is 1.03. The number of benzene rings is 2. The van der Waals surface area contributed by atoms with Crippen LogP contribution in [-0.2, 0) is 16.0 Å². The van der Waals surface area contributed by atoms with Crippen LogP contribution in [0.3, 0.4) is 0 Å². The van der Waals surface area contributed by atoms with Crippen LogP contribution in [0.2, 0.25) is 0 Å². The van der Waals surface area contributed by atoms with Crippen LogP contribution < -0.4 is 4.74 Å². The Hall–Kier alpha value is -2.76. The van der Waals surface area contributed by atoms with Gasteiger partial charge >= 0.3 is 0 Å². The Balaban J connectivity index is 1.17. The van der Waals surface area contributed by atoms with E-state index in [-0.39, 0.29) is 5.60 Å². The smallest absolute Gasteiger partial charge is 0.153 e. The third-order valence-corrected chi connectivity index (χ3v) is 8.18. The number of ether oxygens (including phenoxy) is 2. The zero-order valence-electron chi connectivity index (χ0n) is 19.9. The van der Waals surface area contributed by atoms with E-state index < -0.39 is 5.60 Å². The van der Waals surface area contributed by atoms with E-state index in [9.17, 15) is 4.79 Å². The van der Waals surface area contributed by atoms with E-state index in [2.05, 4.69) is 53.2 Å². The Labute approximate surface area is 201 Å². The summed E-state index contributed by atoms with van der Waals surface area (Å²) in [4.78, 5) is 18.7. The average molecular weight is 457 g/mol. The van der Waals surface area contributed by atoms with Crippen molar-refractivity contribution < 1.29 is 14.3 Å². The molecule has 5 heteroatoms. The molecule has 0 saturated carbocycles. The summed E-state index contributed by atoms with van der Waals surface area (Å²) in [5.41, 5.74) is 5.38. The molecule has 3 aliphatic heterocycles. The molecular formula is C29H32N2O3. The molecule has 1 spiro atoms. The summed E-state index contributed by atoms with van der Waals surface area (Å²) >= 11 is 0. The Kier molecular flexibility index (Phi) is 5.42. The van der Waals surface area contributed by atoms with Gasteiger partial charge in [-0.15, -0.1) is 0 Å². The van der Waals surface area contributed by atoms with E-state index in [1.165, 1.54) is 27.6 Å². The van der Waals surface area contributed by atoms with Gasteiger partial charge in [-0.2, -0.15) is 0 Å². The maximum absolute atomic E-state index is 11.7. The molecule has 3 aliphatic rings. The molecule has 2 saturated heterocycles.